The van der Waals surface area contributed by atoms with E-state index in [4.69, 9.17) is 15.2 Å². The molecule has 0 aromatic heterocycles. The van der Waals surface area contributed by atoms with Crippen LogP contribution in [-0.2, 0) is 25.6 Å². The third-order valence-corrected chi connectivity index (χ3v) is 3.90. The van der Waals surface area contributed by atoms with Crippen molar-refractivity contribution >= 4 is 23.8 Å². The molecule has 0 fully saturated rings. The van der Waals surface area contributed by atoms with E-state index in [1.165, 1.54) is 18.2 Å². The number of hydrogen-bond acceptors (Lipinski definition) is 7. The molecule has 9 heteroatoms. The number of carboxylic acid groups (broad SMARTS) is 1. The zero-order chi connectivity index (χ0) is 23.3. The van der Waals surface area contributed by atoms with Crippen LogP contribution in [0.25, 0.3) is 0 Å². The normalized spacial score (nSPS) is 12.6. The standard InChI is InChI=1S/C21H30N2O7/c1-20(2,3)18(27)29-14-8-7-12(9-13(17(25)26)23-16(24)11-22)10-15(14)30-19(28)21(4,5)6/h7-8,10,13H,9,11,22H2,1-6H3,(H,23,24)(H,25,26)/t13-/m0/s1. The van der Waals surface area contributed by atoms with E-state index in [1.807, 2.05) is 0 Å². The number of ether oxygens (including phenoxy) is 2. The van der Waals surface area contributed by atoms with Gasteiger partial charge in [-0.2, -0.15) is 0 Å². The lowest BCUT2D eigenvalue weighted by molar-refractivity contribution is -0.145. The minimum Gasteiger partial charge on any atom is -0.480 e. The molecule has 1 aromatic carbocycles. The highest BCUT2D eigenvalue weighted by atomic mass is 16.6. The highest BCUT2D eigenvalue weighted by Gasteiger charge is 2.29. The van der Waals surface area contributed by atoms with Crippen LogP contribution in [0.5, 0.6) is 11.5 Å². The van der Waals surface area contributed by atoms with Gasteiger partial charge in [-0.15, -0.1) is 0 Å². The Morgan fingerprint density at radius 1 is 0.967 bits per heavy atom. The van der Waals surface area contributed by atoms with E-state index in [2.05, 4.69) is 5.32 Å². The van der Waals surface area contributed by atoms with Gasteiger partial charge in [-0.1, -0.05) is 6.07 Å². The Morgan fingerprint density at radius 3 is 1.90 bits per heavy atom. The third-order valence-electron chi connectivity index (χ3n) is 3.90. The molecular formula is C21H30N2O7. The van der Waals surface area contributed by atoms with Crippen LogP contribution in [-0.4, -0.2) is 41.5 Å². The van der Waals surface area contributed by atoms with E-state index in [9.17, 15) is 24.3 Å². The van der Waals surface area contributed by atoms with Crippen molar-refractivity contribution in [2.24, 2.45) is 16.6 Å². The van der Waals surface area contributed by atoms with Crippen LogP contribution in [0.15, 0.2) is 18.2 Å². The molecule has 9 nitrogen and oxygen atoms in total. The van der Waals surface area contributed by atoms with Gasteiger partial charge < -0.3 is 25.6 Å². The highest BCUT2D eigenvalue weighted by molar-refractivity contribution is 5.85. The number of hydrogen-bond donors (Lipinski definition) is 3. The molecule has 0 unspecified atom stereocenters. The highest BCUT2D eigenvalue weighted by Crippen LogP contribution is 2.33. The van der Waals surface area contributed by atoms with E-state index >= 15 is 0 Å². The molecular weight excluding hydrogens is 392 g/mol. The summed E-state index contributed by atoms with van der Waals surface area (Å²) >= 11 is 0. The van der Waals surface area contributed by atoms with Gasteiger partial charge in [0.2, 0.25) is 5.91 Å². The Hall–Kier alpha value is -2.94. The van der Waals surface area contributed by atoms with Gasteiger partial charge in [-0.25, -0.2) is 4.79 Å². The number of carbonyl (C=O) groups is 4. The van der Waals surface area contributed by atoms with Gasteiger partial charge in [0.25, 0.3) is 0 Å². The van der Waals surface area contributed by atoms with E-state index in [0.29, 0.717) is 5.56 Å². The summed E-state index contributed by atoms with van der Waals surface area (Å²) in [4.78, 5) is 47.6. The molecule has 1 amide bonds. The van der Waals surface area contributed by atoms with Crippen molar-refractivity contribution in [2.45, 2.75) is 54.0 Å². The Balaban J connectivity index is 3.26. The molecule has 4 N–H and O–H groups in total. The molecule has 1 atom stereocenters. The molecule has 0 spiro atoms. The maximum Gasteiger partial charge on any atom is 0.326 e. The molecule has 1 aromatic rings. The Labute approximate surface area is 175 Å². The summed E-state index contributed by atoms with van der Waals surface area (Å²) in [5.41, 5.74) is 4.07. The first-order valence-corrected chi connectivity index (χ1v) is 9.45. The largest absolute Gasteiger partial charge is 0.480 e. The van der Waals surface area contributed by atoms with Crippen molar-refractivity contribution in [3.8, 4) is 11.5 Å². The summed E-state index contributed by atoms with van der Waals surface area (Å²) in [5.74, 6) is -2.92. The van der Waals surface area contributed by atoms with Gasteiger partial charge in [0.15, 0.2) is 11.5 Å². The van der Waals surface area contributed by atoms with Gasteiger partial charge in [-0.05, 0) is 59.2 Å². The number of carbonyl (C=O) groups excluding carboxylic acids is 3. The second-order valence-corrected chi connectivity index (χ2v) is 8.93. The first kappa shape index (κ1) is 25.1. The number of esters is 2. The fourth-order valence-corrected chi connectivity index (χ4v) is 2.04. The average Bonchev–Trinajstić information content (AvgIpc) is 2.61. The lowest BCUT2D eigenvalue weighted by atomic mass is 9.97. The van der Waals surface area contributed by atoms with Crippen molar-refractivity contribution < 1.29 is 33.8 Å². The lowest BCUT2D eigenvalue weighted by Crippen LogP contribution is -2.44. The summed E-state index contributed by atoms with van der Waals surface area (Å²) in [6.07, 6.45) is -0.0887. The monoisotopic (exact) mass is 422 g/mol. The summed E-state index contributed by atoms with van der Waals surface area (Å²) in [6.45, 7) is 9.71. The number of benzene rings is 1. The minimum atomic E-state index is -1.24. The Bertz CT molecular complexity index is 820. The zero-order valence-corrected chi connectivity index (χ0v) is 18.2. The number of nitrogens with two attached hydrogens (primary N) is 1. The van der Waals surface area contributed by atoms with Crippen LogP contribution in [0.1, 0.15) is 47.1 Å². The van der Waals surface area contributed by atoms with Crippen molar-refractivity contribution in [1.29, 1.82) is 0 Å². The van der Waals surface area contributed by atoms with E-state index in [-0.39, 0.29) is 24.5 Å². The van der Waals surface area contributed by atoms with Crippen molar-refractivity contribution in [3.63, 3.8) is 0 Å². The summed E-state index contributed by atoms with van der Waals surface area (Å²) < 4.78 is 10.8. The number of amides is 1. The van der Waals surface area contributed by atoms with Gasteiger partial charge >= 0.3 is 17.9 Å². The maximum atomic E-state index is 12.4. The van der Waals surface area contributed by atoms with E-state index in [1.54, 1.807) is 41.5 Å². The third kappa shape index (κ3) is 7.47. The van der Waals surface area contributed by atoms with Crippen LogP contribution in [0.4, 0.5) is 0 Å². The average molecular weight is 422 g/mol. The van der Waals surface area contributed by atoms with Gasteiger partial charge in [0.05, 0.1) is 17.4 Å². The SMILES string of the molecule is CC(C)(C)C(=O)Oc1ccc(C[C@H](NC(=O)CN)C(=O)O)cc1OC(=O)C(C)(C)C. The molecule has 1 rings (SSSR count). The summed E-state index contributed by atoms with van der Waals surface area (Å²) in [6, 6.07) is 3.15. The Morgan fingerprint density at radius 2 is 1.47 bits per heavy atom. The van der Waals surface area contributed by atoms with Crippen LogP contribution < -0.4 is 20.5 Å². The maximum absolute atomic E-state index is 12.4. The summed E-state index contributed by atoms with van der Waals surface area (Å²) in [7, 11) is 0. The van der Waals surface area contributed by atoms with Crippen LogP contribution in [0.2, 0.25) is 0 Å². The molecule has 0 radical (unpaired) electrons. The molecule has 0 saturated carbocycles. The van der Waals surface area contributed by atoms with Crippen LogP contribution in [0.3, 0.4) is 0 Å². The zero-order valence-electron chi connectivity index (χ0n) is 18.2. The van der Waals surface area contributed by atoms with Gasteiger partial charge in [-0.3, -0.25) is 14.4 Å². The summed E-state index contributed by atoms with van der Waals surface area (Å²) in [5, 5.41) is 11.7. The number of rotatable bonds is 7. The smallest absolute Gasteiger partial charge is 0.326 e. The fourth-order valence-electron chi connectivity index (χ4n) is 2.04. The molecule has 0 saturated heterocycles. The van der Waals surface area contributed by atoms with Crippen molar-refractivity contribution in [2.75, 3.05) is 6.54 Å². The Kier molecular flexibility index (Phi) is 8.12. The molecule has 166 valence electrons. The first-order chi connectivity index (χ1) is 13.6. The first-order valence-electron chi connectivity index (χ1n) is 9.45. The number of nitrogens with one attached hydrogen (secondary N) is 1. The predicted octanol–water partition coefficient (Wildman–Crippen LogP) is 1.66. The molecule has 0 heterocycles. The molecule has 30 heavy (non-hydrogen) atoms. The van der Waals surface area contributed by atoms with Crippen LogP contribution in [0, 0.1) is 10.8 Å². The van der Waals surface area contributed by atoms with Gasteiger partial charge in [0, 0.05) is 6.42 Å². The second kappa shape index (κ2) is 9.71. The molecule has 0 aliphatic rings. The van der Waals surface area contributed by atoms with Gasteiger partial charge in [0.1, 0.15) is 6.04 Å². The minimum absolute atomic E-state index is 0.0145. The fraction of sp³-hybridized carbons (Fsp3) is 0.524. The molecule has 0 bridgehead atoms. The van der Waals surface area contributed by atoms with Crippen molar-refractivity contribution in [1.82, 2.24) is 5.32 Å². The second-order valence-electron chi connectivity index (χ2n) is 8.93. The quantitative estimate of drug-likeness (QED) is 0.444. The predicted molar refractivity (Wildman–Crippen MR) is 109 cm³/mol. The lowest BCUT2D eigenvalue weighted by Gasteiger charge is -2.21. The topological polar surface area (TPSA) is 145 Å². The number of carboxylic acids is 1. The molecule has 0 aliphatic carbocycles. The molecule has 0 aliphatic heterocycles. The van der Waals surface area contributed by atoms with Crippen molar-refractivity contribution in [3.05, 3.63) is 23.8 Å². The van der Waals surface area contributed by atoms with E-state index < -0.39 is 40.7 Å². The van der Waals surface area contributed by atoms with E-state index in [0.717, 1.165) is 0 Å². The number of aliphatic carboxylic acids is 1. The van der Waals surface area contributed by atoms with Crippen LogP contribution >= 0.6 is 0 Å².